The van der Waals surface area contributed by atoms with Gasteiger partial charge in [-0.2, -0.15) is 0 Å². The largest absolute Gasteiger partial charge is 0.396 e. The number of rotatable bonds is 3. The third-order valence-electron chi connectivity index (χ3n) is 3.48. The minimum Gasteiger partial charge on any atom is -0.396 e. The maximum atomic E-state index is 10.3. The van der Waals surface area contributed by atoms with Gasteiger partial charge in [-0.1, -0.05) is 13.8 Å². The Morgan fingerprint density at radius 1 is 1.33 bits per heavy atom. The second-order valence-corrected chi connectivity index (χ2v) is 5.38. The van der Waals surface area contributed by atoms with E-state index in [2.05, 4.69) is 0 Å². The van der Waals surface area contributed by atoms with Crippen LogP contribution in [0.1, 0.15) is 39.5 Å². The molecule has 90 valence electrons. The zero-order valence-electron chi connectivity index (χ0n) is 9.48. The standard InChI is InChI=1S/C11H22O4/c1-10(2,7-12)9(14)11(15)5-3-8(13)4-6-11/h8-9,12-15H,3-7H2,1-2H3. The molecule has 0 aromatic carbocycles. The molecule has 0 heterocycles. The molecular formula is C11H22O4. The highest BCUT2D eigenvalue weighted by molar-refractivity contribution is 4.97. The van der Waals surface area contributed by atoms with Crippen LogP contribution in [-0.2, 0) is 0 Å². The Bertz CT molecular complexity index is 207. The van der Waals surface area contributed by atoms with Gasteiger partial charge >= 0.3 is 0 Å². The molecule has 0 aromatic rings. The predicted octanol–water partition coefficient (Wildman–Crippen LogP) is 0.0318. The Balaban J connectivity index is 2.69. The summed E-state index contributed by atoms with van der Waals surface area (Å²) in [5, 5.41) is 38.8. The first-order valence-corrected chi connectivity index (χ1v) is 5.51. The van der Waals surface area contributed by atoms with Gasteiger partial charge in [0.15, 0.2) is 0 Å². The Labute approximate surface area is 90.6 Å². The zero-order valence-corrected chi connectivity index (χ0v) is 9.48. The monoisotopic (exact) mass is 218 g/mol. The molecule has 4 nitrogen and oxygen atoms in total. The summed E-state index contributed by atoms with van der Waals surface area (Å²) in [5.41, 5.74) is -1.87. The molecule has 0 amide bonds. The molecule has 0 radical (unpaired) electrons. The molecule has 0 saturated heterocycles. The van der Waals surface area contributed by atoms with Gasteiger partial charge in [-0.3, -0.25) is 0 Å². The molecule has 1 aliphatic carbocycles. The molecule has 0 aromatic heterocycles. The second-order valence-electron chi connectivity index (χ2n) is 5.38. The number of aliphatic hydroxyl groups is 4. The predicted molar refractivity (Wildman–Crippen MR) is 56.3 cm³/mol. The van der Waals surface area contributed by atoms with Crippen LogP contribution < -0.4 is 0 Å². The van der Waals surface area contributed by atoms with Crippen LogP contribution in [0.2, 0.25) is 0 Å². The van der Waals surface area contributed by atoms with E-state index in [4.69, 9.17) is 5.11 Å². The molecule has 4 heteroatoms. The summed E-state index contributed by atoms with van der Waals surface area (Å²) in [7, 11) is 0. The van der Waals surface area contributed by atoms with E-state index in [0.29, 0.717) is 25.7 Å². The van der Waals surface area contributed by atoms with Gasteiger partial charge in [-0.15, -0.1) is 0 Å². The highest BCUT2D eigenvalue weighted by atomic mass is 16.3. The van der Waals surface area contributed by atoms with E-state index in [1.165, 1.54) is 0 Å². The van der Waals surface area contributed by atoms with Gasteiger partial charge in [0.1, 0.15) is 0 Å². The number of hydrogen-bond acceptors (Lipinski definition) is 4. The van der Waals surface area contributed by atoms with Crippen molar-refractivity contribution in [2.24, 2.45) is 5.41 Å². The lowest BCUT2D eigenvalue weighted by molar-refractivity contribution is -0.160. The molecule has 1 aliphatic rings. The summed E-state index contributed by atoms with van der Waals surface area (Å²) >= 11 is 0. The van der Waals surface area contributed by atoms with Crippen LogP contribution in [0.15, 0.2) is 0 Å². The van der Waals surface area contributed by atoms with Crippen molar-refractivity contribution in [2.75, 3.05) is 6.61 Å². The first-order valence-electron chi connectivity index (χ1n) is 5.51. The minimum absolute atomic E-state index is 0.168. The van der Waals surface area contributed by atoms with E-state index in [0.717, 1.165) is 0 Å². The van der Waals surface area contributed by atoms with E-state index in [-0.39, 0.29) is 12.7 Å². The SMILES string of the molecule is CC(C)(CO)C(O)C1(O)CCC(O)CC1. The summed E-state index contributed by atoms with van der Waals surface area (Å²) in [5.74, 6) is 0. The molecular weight excluding hydrogens is 196 g/mol. The van der Waals surface area contributed by atoms with Crippen molar-refractivity contribution in [1.82, 2.24) is 0 Å². The molecule has 4 N–H and O–H groups in total. The van der Waals surface area contributed by atoms with E-state index >= 15 is 0 Å². The Hall–Kier alpha value is -0.160. The molecule has 0 spiro atoms. The zero-order chi connectivity index (χ0) is 11.7. The van der Waals surface area contributed by atoms with Crippen molar-refractivity contribution in [3.8, 4) is 0 Å². The molecule has 1 atom stereocenters. The summed E-state index contributed by atoms with van der Waals surface area (Å²) in [6.45, 7) is 3.28. The van der Waals surface area contributed by atoms with Gasteiger partial charge in [-0.25, -0.2) is 0 Å². The van der Waals surface area contributed by atoms with Crippen molar-refractivity contribution in [2.45, 2.75) is 57.3 Å². The molecule has 15 heavy (non-hydrogen) atoms. The van der Waals surface area contributed by atoms with Crippen LogP contribution in [0.25, 0.3) is 0 Å². The molecule has 0 aliphatic heterocycles. The molecule has 1 unspecified atom stereocenters. The van der Waals surface area contributed by atoms with Crippen LogP contribution >= 0.6 is 0 Å². The lowest BCUT2D eigenvalue weighted by atomic mass is 9.70. The third kappa shape index (κ3) is 2.69. The molecule has 1 saturated carbocycles. The van der Waals surface area contributed by atoms with E-state index in [1.807, 2.05) is 0 Å². The van der Waals surface area contributed by atoms with Gasteiger partial charge < -0.3 is 20.4 Å². The van der Waals surface area contributed by atoms with Crippen LogP contribution in [0.4, 0.5) is 0 Å². The van der Waals surface area contributed by atoms with Crippen molar-refractivity contribution in [3.63, 3.8) is 0 Å². The maximum absolute atomic E-state index is 10.3. The fourth-order valence-corrected chi connectivity index (χ4v) is 2.19. The first-order chi connectivity index (χ1) is 6.82. The molecule has 1 fully saturated rings. The summed E-state index contributed by atoms with van der Waals surface area (Å²) in [6.07, 6.45) is 0.471. The van der Waals surface area contributed by atoms with E-state index < -0.39 is 17.1 Å². The van der Waals surface area contributed by atoms with Crippen molar-refractivity contribution < 1.29 is 20.4 Å². The van der Waals surface area contributed by atoms with Crippen molar-refractivity contribution in [3.05, 3.63) is 0 Å². The molecule has 1 rings (SSSR count). The molecule has 0 bridgehead atoms. The summed E-state index contributed by atoms with van der Waals surface area (Å²) in [4.78, 5) is 0. The van der Waals surface area contributed by atoms with Crippen LogP contribution in [0.5, 0.6) is 0 Å². The minimum atomic E-state index is -1.16. The Morgan fingerprint density at radius 2 is 1.80 bits per heavy atom. The second kappa shape index (κ2) is 4.37. The third-order valence-corrected chi connectivity index (χ3v) is 3.48. The smallest absolute Gasteiger partial charge is 0.0913 e. The van der Waals surface area contributed by atoms with E-state index in [9.17, 15) is 15.3 Å². The normalized spacial score (nSPS) is 35.2. The quantitative estimate of drug-likeness (QED) is 0.539. The van der Waals surface area contributed by atoms with Gasteiger partial charge in [0, 0.05) is 5.41 Å². The Morgan fingerprint density at radius 3 is 2.20 bits per heavy atom. The van der Waals surface area contributed by atoms with Crippen LogP contribution in [-0.4, -0.2) is 44.8 Å². The first kappa shape index (κ1) is 12.9. The highest BCUT2D eigenvalue weighted by Gasteiger charge is 2.45. The maximum Gasteiger partial charge on any atom is 0.0913 e. The number of hydrogen-bond donors (Lipinski definition) is 4. The fraction of sp³-hybridized carbons (Fsp3) is 1.00. The van der Waals surface area contributed by atoms with Gasteiger partial charge in [0.2, 0.25) is 0 Å². The van der Waals surface area contributed by atoms with Crippen LogP contribution in [0.3, 0.4) is 0 Å². The summed E-state index contributed by atoms with van der Waals surface area (Å²) < 4.78 is 0. The summed E-state index contributed by atoms with van der Waals surface area (Å²) in [6, 6.07) is 0. The lowest BCUT2D eigenvalue weighted by Crippen LogP contribution is -2.53. The average Bonchev–Trinajstić information content (AvgIpc) is 2.21. The number of aliphatic hydroxyl groups excluding tert-OH is 3. The van der Waals surface area contributed by atoms with Crippen molar-refractivity contribution >= 4 is 0 Å². The van der Waals surface area contributed by atoms with Gasteiger partial charge in [-0.05, 0) is 25.7 Å². The topological polar surface area (TPSA) is 80.9 Å². The average molecular weight is 218 g/mol. The Kier molecular flexibility index (Phi) is 3.76. The van der Waals surface area contributed by atoms with Crippen molar-refractivity contribution in [1.29, 1.82) is 0 Å². The van der Waals surface area contributed by atoms with E-state index in [1.54, 1.807) is 13.8 Å². The van der Waals surface area contributed by atoms with Crippen LogP contribution in [0, 0.1) is 5.41 Å². The fourth-order valence-electron chi connectivity index (χ4n) is 2.19. The lowest BCUT2D eigenvalue weighted by Gasteiger charge is -2.44. The highest BCUT2D eigenvalue weighted by Crippen LogP contribution is 2.38. The van der Waals surface area contributed by atoms with Gasteiger partial charge in [0.05, 0.1) is 24.4 Å². The van der Waals surface area contributed by atoms with Gasteiger partial charge in [0.25, 0.3) is 0 Å².